The van der Waals surface area contributed by atoms with Crippen molar-refractivity contribution < 1.29 is 0 Å². The first-order valence-corrected chi connectivity index (χ1v) is 5.93. The number of para-hydroxylation sites is 1. The average Bonchev–Trinajstić information content (AvgIpc) is 2.78. The summed E-state index contributed by atoms with van der Waals surface area (Å²) >= 11 is 1.57. The summed E-state index contributed by atoms with van der Waals surface area (Å²) in [5.74, 6) is 0. The molecule has 0 saturated carbocycles. The van der Waals surface area contributed by atoms with E-state index in [0.29, 0.717) is 5.65 Å². The largest absolute Gasteiger partial charge is 0.370 e. The Morgan fingerprint density at radius 2 is 2.31 bits per heavy atom. The molecule has 0 bridgehead atoms. The smallest absolute Gasteiger partial charge is 0.329 e. The van der Waals surface area contributed by atoms with E-state index in [1.165, 1.54) is 10.8 Å². The number of aromatic nitrogens is 4. The summed E-state index contributed by atoms with van der Waals surface area (Å²) in [5, 5.41) is 4.81. The van der Waals surface area contributed by atoms with E-state index in [-0.39, 0.29) is 5.69 Å². The fourth-order valence-electron chi connectivity index (χ4n) is 1.74. The van der Waals surface area contributed by atoms with E-state index >= 15 is 0 Å². The second kappa shape index (κ2) is 3.34. The topological polar surface area (TPSA) is 63.1 Å². The Bertz CT molecular complexity index is 730. The molecule has 0 aliphatic carbocycles. The molecule has 6 heteroatoms. The van der Waals surface area contributed by atoms with E-state index in [2.05, 4.69) is 15.1 Å². The Balaban J connectivity index is 2.63. The summed E-state index contributed by atoms with van der Waals surface area (Å²) in [6.07, 6.45) is 3.45. The molecule has 3 rings (SSSR count). The lowest BCUT2D eigenvalue weighted by molar-refractivity contribution is 0.880. The highest BCUT2D eigenvalue weighted by Crippen LogP contribution is 2.24. The lowest BCUT2D eigenvalue weighted by Crippen LogP contribution is -2.17. The molecule has 0 aliphatic rings. The van der Waals surface area contributed by atoms with Crippen molar-refractivity contribution >= 4 is 28.3 Å². The molecule has 0 fully saturated rings. The van der Waals surface area contributed by atoms with Crippen molar-refractivity contribution in [3.05, 3.63) is 35.0 Å². The number of nitrogens with one attached hydrogen (secondary N) is 1. The highest BCUT2D eigenvalue weighted by atomic mass is 32.2. The van der Waals surface area contributed by atoms with Gasteiger partial charge in [-0.3, -0.25) is 0 Å². The summed E-state index contributed by atoms with van der Waals surface area (Å²) < 4.78 is 1.27. The van der Waals surface area contributed by atoms with Gasteiger partial charge in [-0.25, -0.2) is 4.79 Å². The van der Waals surface area contributed by atoms with E-state index in [1.54, 1.807) is 11.8 Å². The zero-order valence-electron chi connectivity index (χ0n) is 8.47. The Hall–Kier alpha value is -1.82. The standard InChI is InChI=1S/C10H8N4OS/c1-16-7-4-2-3-6-8(7)13-10(15)14-9(6)11-5-12-14/h2-5H,1H3,(H,11,12). The van der Waals surface area contributed by atoms with Crippen molar-refractivity contribution in [3.8, 4) is 0 Å². The van der Waals surface area contributed by atoms with Crippen molar-refractivity contribution in [3.63, 3.8) is 0 Å². The van der Waals surface area contributed by atoms with Gasteiger partial charge in [-0.2, -0.15) is 14.6 Å². The van der Waals surface area contributed by atoms with Gasteiger partial charge in [0.25, 0.3) is 0 Å². The Morgan fingerprint density at radius 1 is 1.44 bits per heavy atom. The van der Waals surface area contributed by atoms with E-state index in [4.69, 9.17) is 0 Å². The number of hydrogen-bond acceptors (Lipinski definition) is 4. The number of benzene rings is 1. The predicted octanol–water partition coefficient (Wildman–Crippen LogP) is 1.29. The van der Waals surface area contributed by atoms with E-state index in [9.17, 15) is 4.79 Å². The lowest BCUT2D eigenvalue weighted by Gasteiger charge is -2.02. The minimum absolute atomic E-state index is 0.356. The zero-order chi connectivity index (χ0) is 11.1. The van der Waals surface area contributed by atoms with Gasteiger partial charge in [0, 0.05) is 10.3 Å². The van der Waals surface area contributed by atoms with Crippen LogP contribution in [0.3, 0.4) is 0 Å². The minimum Gasteiger partial charge on any atom is -0.329 e. The third-order valence-corrected chi connectivity index (χ3v) is 3.22. The summed E-state index contributed by atoms with van der Waals surface area (Å²) in [6, 6.07) is 5.82. The molecule has 0 unspecified atom stereocenters. The molecule has 0 aliphatic heterocycles. The average molecular weight is 232 g/mol. The minimum atomic E-state index is -0.356. The Labute approximate surface area is 94.5 Å². The van der Waals surface area contributed by atoms with Crippen LogP contribution in [0.4, 0.5) is 0 Å². The second-order valence-electron chi connectivity index (χ2n) is 3.30. The number of thioether (sulfide) groups is 1. The maximum Gasteiger partial charge on any atom is 0.370 e. The van der Waals surface area contributed by atoms with Gasteiger partial charge in [0.1, 0.15) is 12.0 Å². The quantitative estimate of drug-likeness (QED) is 0.642. The van der Waals surface area contributed by atoms with Crippen molar-refractivity contribution in [2.75, 3.05) is 6.26 Å². The first-order valence-electron chi connectivity index (χ1n) is 4.70. The first-order chi connectivity index (χ1) is 7.81. The molecule has 0 saturated heterocycles. The molecule has 80 valence electrons. The maximum absolute atomic E-state index is 11.7. The molecule has 2 aromatic heterocycles. The van der Waals surface area contributed by atoms with Crippen LogP contribution < -0.4 is 5.69 Å². The number of H-pyrrole nitrogens is 1. The molecular formula is C10H8N4OS. The normalized spacial score (nSPS) is 11.3. The molecule has 0 amide bonds. The van der Waals surface area contributed by atoms with E-state index in [1.807, 2.05) is 24.5 Å². The van der Waals surface area contributed by atoms with E-state index in [0.717, 1.165) is 15.8 Å². The van der Waals surface area contributed by atoms with Gasteiger partial charge in [-0.1, -0.05) is 6.07 Å². The van der Waals surface area contributed by atoms with Crippen LogP contribution in [0.15, 0.2) is 34.2 Å². The highest BCUT2D eigenvalue weighted by molar-refractivity contribution is 7.98. The van der Waals surface area contributed by atoms with Crippen LogP contribution in [0.1, 0.15) is 0 Å². The van der Waals surface area contributed by atoms with Gasteiger partial charge in [-0.05, 0) is 18.4 Å². The van der Waals surface area contributed by atoms with Gasteiger partial charge < -0.3 is 4.98 Å². The first kappa shape index (κ1) is 9.41. The van der Waals surface area contributed by atoms with Crippen LogP contribution in [0, 0.1) is 0 Å². The molecule has 5 nitrogen and oxygen atoms in total. The van der Waals surface area contributed by atoms with Crippen LogP contribution in [0.5, 0.6) is 0 Å². The molecule has 16 heavy (non-hydrogen) atoms. The summed E-state index contributed by atoms with van der Waals surface area (Å²) in [5.41, 5.74) is 1.06. The Morgan fingerprint density at radius 3 is 3.12 bits per heavy atom. The van der Waals surface area contributed by atoms with Crippen LogP contribution in [-0.4, -0.2) is 25.8 Å². The number of rotatable bonds is 1. The molecule has 0 radical (unpaired) electrons. The highest BCUT2D eigenvalue weighted by Gasteiger charge is 2.09. The Kier molecular flexibility index (Phi) is 1.97. The van der Waals surface area contributed by atoms with Gasteiger partial charge in [0.15, 0.2) is 0 Å². The summed E-state index contributed by atoms with van der Waals surface area (Å²) in [7, 11) is 0. The fraction of sp³-hybridized carbons (Fsp3) is 0.100. The van der Waals surface area contributed by atoms with Crippen LogP contribution in [0.2, 0.25) is 0 Å². The molecule has 2 heterocycles. The summed E-state index contributed by atoms with van der Waals surface area (Å²) in [6.45, 7) is 0. The molecule has 0 atom stereocenters. The molecule has 1 aromatic carbocycles. The molecular weight excluding hydrogens is 224 g/mol. The van der Waals surface area contributed by atoms with Gasteiger partial charge in [-0.15, -0.1) is 11.8 Å². The third kappa shape index (κ3) is 1.16. The number of fused-ring (bicyclic) bond motifs is 3. The number of aromatic amines is 1. The van der Waals surface area contributed by atoms with Crippen molar-refractivity contribution in [1.82, 2.24) is 19.6 Å². The van der Waals surface area contributed by atoms with Gasteiger partial charge >= 0.3 is 5.69 Å². The SMILES string of the molecule is CSc1cccc2c1nc(=O)n1nc[nH]c21. The predicted molar refractivity (Wildman–Crippen MR) is 62.9 cm³/mol. The third-order valence-electron chi connectivity index (χ3n) is 2.45. The number of hydrogen-bond donors (Lipinski definition) is 1. The van der Waals surface area contributed by atoms with Crippen molar-refractivity contribution in [2.24, 2.45) is 0 Å². The molecule has 1 N–H and O–H groups in total. The van der Waals surface area contributed by atoms with Crippen molar-refractivity contribution in [2.45, 2.75) is 4.90 Å². The van der Waals surface area contributed by atoms with Crippen molar-refractivity contribution in [1.29, 1.82) is 0 Å². The molecule has 0 spiro atoms. The second-order valence-corrected chi connectivity index (χ2v) is 4.15. The van der Waals surface area contributed by atoms with Crippen LogP contribution >= 0.6 is 11.8 Å². The van der Waals surface area contributed by atoms with Crippen LogP contribution in [0.25, 0.3) is 16.6 Å². The van der Waals surface area contributed by atoms with Gasteiger partial charge in [0.05, 0.1) is 5.52 Å². The van der Waals surface area contributed by atoms with Gasteiger partial charge in [0.2, 0.25) is 0 Å². The van der Waals surface area contributed by atoms with Crippen LogP contribution in [-0.2, 0) is 0 Å². The maximum atomic E-state index is 11.7. The zero-order valence-corrected chi connectivity index (χ0v) is 9.28. The number of nitrogens with zero attached hydrogens (tertiary/aromatic N) is 3. The monoisotopic (exact) mass is 232 g/mol. The molecule has 3 aromatic rings. The van der Waals surface area contributed by atoms with E-state index < -0.39 is 0 Å². The fourth-order valence-corrected chi connectivity index (χ4v) is 2.30. The summed E-state index contributed by atoms with van der Waals surface area (Å²) in [4.78, 5) is 19.7. The lowest BCUT2D eigenvalue weighted by atomic mass is 10.2.